The van der Waals surface area contributed by atoms with Crippen LogP contribution in [-0.4, -0.2) is 25.3 Å². The lowest BCUT2D eigenvalue weighted by Crippen LogP contribution is -2.14. The molecule has 0 amide bonds. The Morgan fingerprint density at radius 1 is 1.19 bits per heavy atom. The van der Waals surface area contributed by atoms with Gasteiger partial charge in [0, 0.05) is 6.42 Å². The minimum absolute atomic E-state index is 0.204. The van der Waals surface area contributed by atoms with E-state index in [2.05, 4.69) is 0 Å². The number of ether oxygens (including phenoxy) is 2. The third-order valence-corrected chi connectivity index (χ3v) is 2.62. The molecule has 16 heavy (non-hydrogen) atoms. The fraction of sp³-hybridized carbons (Fsp3) is 0.462. The van der Waals surface area contributed by atoms with Gasteiger partial charge >= 0.3 is 0 Å². The zero-order valence-electron chi connectivity index (χ0n) is 9.22. The molecule has 1 heterocycles. The van der Waals surface area contributed by atoms with Crippen molar-refractivity contribution < 1.29 is 14.3 Å². The molecule has 86 valence electrons. The molecule has 1 aliphatic rings. The van der Waals surface area contributed by atoms with Gasteiger partial charge in [-0.3, -0.25) is 4.79 Å². The van der Waals surface area contributed by atoms with Crippen molar-refractivity contribution in [3.05, 3.63) is 35.9 Å². The van der Waals surface area contributed by atoms with Crippen molar-refractivity contribution >= 4 is 5.78 Å². The van der Waals surface area contributed by atoms with Crippen molar-refractivity contribution in [1.29, 1.82) is 0 Å². The van der Waals surface area contributed by atoms with Crippen LogP contribution >= 0.6 is 0 Å². The molecule has 1 aliphatic heterocycles. The number of benzene rings is 1. The van der Waals surface area contributed by atoms with E-state index < -0.39 is 0 Å². The smallest absolute Gasteiger partial charge is 0.164 e. The number of carbonyl (C=O) groups is 1. The fourth-order valence-corrected chi connectivity index (χ4v) is 1.74. The normalized spacial score (nSPS) is 16.5. The first-order valence-corrected chi connectivity index (χ1v) is 5.63. The van der Waals surface area contributed by atoms with Crippen LogP contribution in [0.15, 0.2) is 30.3 Å². The summed E-state index contributed by atoms with van der Waals surface area (Å²) in [5.41, 5.74) is 1.20. The van der Waals surface area contributed by atoms with Gasteiger partial charge in [-0.15, -0.1) is 0 Å². The zero-order valence-corrected chi connectivity index (χ0v) is 9.22. The first-order chi connectivity index (χ1) is 7.84. The summed E-state index contributed by atoms with van der Waals surface area (Å²) >= 11 is 0. The predicted octanol–water partition coefficient (Wildman–Crippen LogP) is 1.95. The first-order valence-electron chi connectivity index (χ1n) is 5.63. The van der Waals surface area contributed by atoms with Crippen molar-refractivity contribution in [3.63, 3.8) is 0 Å². The van der Waals surface area contributed by atoms with Gasteiger partial charge in [-0.25, -0.2) is 0 Å². The number of Topliss-reactive ketones (excluding diaryl/α,β-unsaturated/α-hetero) is 1. The Kier molecular flexibility index (Phi) is 4.08. The number of carbonyl (C=O) groups excluding carboxylic acids is 1. The molecule has 0 atom stereocenters. The van der Waals surface area contributed by atoms with Crippen LogP contribution in [0.5, 0.6) is 0 Å². The van der Waals surface area contributed by atoms with Crippen LogP contribution in [-0.2, 0) is 20.7 Å². The molecule has 0 unspecified atom stereocenters. The molecule has 1 aromatic rings. The lowest BCUT2D eigenvalue weighted by Gasteiger charge is -2.07. The zero-order chi connectivity index (χ0) is 11.2. The average molecular weight is 220 g/mol. The van der Waals surface area contributed by atoms with E-state index in [1.165, 1.54) is 5.56 Å². The molecule has 1 fully saturated rings. The second-order valence-corrected chi connectivity index (χ2v) is 3.90. The van der Waals surface area contributed by atoms with Gasteiger partial charge in [0.15, 0.2) is 6.29 Å². The molecule has 0 aromatic heterocycles. The maximum absolute atomic E-state index is 11.6. The van der Waals surface area contributed by atoms with Crippen LogP contribution in [0.3, 0.4) is 0 Å². The monoisotopic (exact) mass is 220 g/mol. The lowest BCUT2D eigenvalue weighted by molar-refractivity contribution is -0.127. The Morgan fingerprint density at radius 3 is 2.56 bits per heavy atom. The van der Waals surface area contributed by atoms with Crippen LogP contribution in [0.1, 0.15) is 18.4 Å². The maximum atomic E-state index is 11.6. The van der Waals surface area contributed by atoms with Gasteiger partial charge in [-0.2, -0.15) is 0 Å². The Morgan fingerprint density at radius 2 is 1.88 bits per heavy atom. The standard InChI is InChI=1S/C13H16O3/c14-12(10-13-15-8-9-16-13)7-6-11-4-2-1-3-5-11/h1-5,13H,6-10H2. The Labute approximate surface area is 95.4 Å². The Bertz CT molecular complexity index is 328. The SMILES string of the molecule is O=C(CCc1ccccc1)CC1OCCO1. The van der Waals surface area contributed by atoms with Crippen molar-refractivity contribution in [1.82, 2.24) is 0 Å². The lowest BCUT2D eigenvalue weighted by atomic mass is 10.1. The number of hydrogen-bond acceptors (Lipinski definition) is 3. The highest BCUT2D eigenvalue weighted by Gasteiger charge is 2.19. The Hall–Kier alpha value is -1.19. The second-order valence-electron chi connectivity index (χ2n) is 3.90. The molecule has 0 aliphatic carbocycles. The Balaban J connectivity index is 1.71. The van der Waals surface area contributed by atoms with E-state index >= 15 is 0 Å². The van der Waals surface area contributed by atoms with Crippen molar-refractivity contribution in [2.75, 3.05) is 13.2 Å². The van der Waals surface area contributed by atoms with Gasteiger partial charge in [-0.05, 0) is 12.0 Å². The molecule has 1 aromatic carbocycles. The molecule has 3 nitrogen and oxygen atoms in total. The minimum atomic E-state index is -0.303. The summed E-state index contributed by atoms with van der Waals surface area (Å²) in [6, 6.07) is 10.0. The second kappa shape index (κ2) is 5.77. The summed E-state index contributed by atoms with van der Waals surface area (Å²) in [6.45, 7) is 1.22. The molecule has 0 bridgehead atoms. The highest BCUT2D eigenvalue weighted by Crippen LogP contribution is 2.11. The quantitative estimate of drug-likeness (QED) is 0.760. The maximum Gasteiger partial charge on any atom is 0.164 e. The molecule has 0 saturated carbocycles. The van der Waals surface area contributed by atoms with Gasteiger partial charge in [0.05, 0.1) is 19.6 Å². The average Bonchev–Trinajstić information content (AvgIpc) is 2.81. The van der Waals surface area contributed by atoms with Crippen LogP contribution < -0.4 is 0 Å². The highest BCUT2D eigenvalue weighted by molar-refractivity contribution is 5.79. The van der Waals surface area contributed by atoms with E-state index in [1.807, 2.05) is 30.3 Å². The fourth-order valence-electron chi connectivity index (χ4n) is 1.74. The summed E-state index contributed by atoms with van der Waals surface area (Å²) in [6.07, 6.45) is 1.44. The van der Waals surface area contributed by atoms with Crippen LogP contribution in [0, 0.1) is 0 Å². The van der Waals surface area contributed by atoms with Crippen molar-refractivity contribution in [2.24, 2.45) is 0 Å². The third kappa shape index (κ3) is 3.43. The first kappa shape index (κ1) is 11.3. The topological polar surface area (TPSA) is 35.5 Å². The summed E-state index contributed by atoms with van der Waals surface area (Å²) < 4.78 is 10.5. The van der Waals surface area contributed by atoms with Gasteiger partial charge < -0.3 is 9.47 Å². The summed E-state index contributed by atoms with van der Waals surface area (Å²) in [5, 5.41) is 0. The van der Waals surface area contributed by atoms with E-state index in [0.717, 1.165) is 6.42 Å². The number of aryl methyl sites for hydroxylation is 1. The minimum Gasteiger partial charge on any atom is -0.350 e. The number of rotatable bonds is 5. The van der Waals surface area contributed by atoms with Crippen LogP contribution in [0.4, 0.5) is 0 Å². The van der Waals surface area contributed by atoms with Gasteiger partial charge in [0.25, 0.3) is 0 Å². The van der Waals surface area contributed by atoms with Crippen molar-refractivity contribution in [2.45, 2.75) is 25.6 Å². The molecule has 2 rings (SSSR count). The molecule has 1 saturated heterocycles. The molecular formula is C13H16O3. The van der Waals surface area contributed by atoms with E-state index in [0.29, 0.717) is 26.1 Å². The van der Waals surface area contributed by atoms with Crippen LogP contribution in [0.25, 0.3) is 0 Å². The van der Waals surface area contributed by atoms with Crippen molar-refractivity contribution in [3.8, 4) is 0 Å². The predicted molar refractivity (Wildman–Crippen MR) is 60.1 cm³/mol. The van der Waals surface area contributed by atoms with E-state index in [-0.39, 0.29) is 12.1 Å². The molecular weight excluding hydrogens is 204 g/mol. The molecule has 0 radical (unpaired) electrons. The van der Waals surface area contributed by atoms with Gasteiger partial charge in [0.1, 0.15) is 5.78 Å². The number of ketones is 1. The van der Waals surface area contributed by atoms with E-state index in [9.17, 15) is 4.79 Å². The van der Waals surface area contributed by atoms with Gasteiger partial charge in [0.2, 0.25) is 0 Å². The molecule has 3 heteroatoms. The largest absolute Gasteiger partial charge is 0.350 e. The highest BCUT2D eigenvalue weighted by atomic mass is 16.7. The van der Waals surface area contributed by atoms with Gasteiger partial charge in [-0.1, -0.05) is 30.3 Å². The number of hydrogen-bond donors (Lipinski definition) is 0. The van der Waals surface area contributed by atoms with Crippen LogP contribution in [0.2, 0.25) is 0 Å². The summed E-state index contributed by atoms with van der Waals surface area (Å²) in [5.74, 6) is 0.204. The molecule has 0 N–H and O–H groups in total. The summed E-state index contributed by atoms with van der Waals surface area (Å²) in [4.78, 5) is 11.6. The third-order valence-electron chi connectivity index (χ3n) is 2.62. The molecule has 0 spiro atoms. The summed E-state index contributed by atoms with van der Waals surface area (Å²) in [7, 11) is 0. The van der Waals surface area contributed by atoms with E-state index in [4.69, 9.17) is 9.47 Å². The van der Waals surface area contributed by atoms with E-state index in [1.54, 1.807) is 0 Å².